The summed E-state index contributed by atoms with van der Waals surface area (Å²) in [6, 6.07) is 1.15. The number of aromatic nitrogens is 2. The molecule has 0 amide bonds. The summed E-state index contributed by atoms with van der Waals surface area (Å²) < 4.78 is 38.3. The highest BCUT2D eigenvalue weighted by Gasteiger charge is 2.34. The van der Waals surface area contributed by atoms with Crippen LogP contribution in [0.25, 0.3) is 0 Å². The predicted octanol–water partition coefficient (Wildman–Crippen LogP) is 3.53. The molecule has 1 heterocycles. The standard InChI is InChI=1S/C13H19F3N4/c1-8-4-3-5-9(6-8)18-11-7-10(13(14,15)16)19-12(17-2)20-11/h7-9H,3-6H2,1-2H3,(H2,17,18,19,20). The molecule has 2 unspecified atom stereocenters. The number of hydrogen-bond donors (Lipinski definition) is 2. The van der Waals surface area contributed by atoms with E-state index in [0.29, 0.717) is 5.92 Å². The van der Waals surface area contributed by atoms with Crippen LogP contribution in [0.5, 0.6) is 0 Å². The number of nitrogens with one attached hydrogen (secondary N) is 2. The van der Waals surface area contributed by atoms with E-state index in [-0.39, 0.29) is 17.8 Å². The molecule has 4 nitrogen and oxygen atoms in total. The van der Waals surface area contributed by atoms with Gasteiger partial charge in [-0.15, -0.1) is 0 Å². The molecule has 1 aliphatic carbocycles. The molecule has 1 aliphatic rings. The lowest BCUT2D eigenvalue weighted by Gasteiger charge is -2.28. The summed E-state index contributed by atoms with van der Waals surface area (Å²) in [6.07, 6.45) is -0.276. The Balaban J connectivity index is 2.18. The van der Waals surface area contributed by atoms with Gasteiger partial charge in [-0.3, -0.25) is 0 Å². The first-order chi connectivity index (χ1) is 9.38. The number of hydrogen-bond acceptors (Lipinski definition) is 4. The van der Waals surface area contributed by atoms with Crippen molar-refractivity contribution in [2.75, 3.05) is 17.7 Å². The molecular formula is C13H19F3N4. The molecule has 0 saturated heterocycles. The largest absolute Gasteiger partial charge is 0.433 e. The summed E-state index contributed by atoms with van der Waals surface area (Å²) in [5.74, 6) is 0.802. The van der Waals surface area contributed by atoms with Gasteiger partial charge in [-0.2, -0.15) is 18.2 Å². The molecule has 0 bridgehead atoms. The van der Waals surface area contributed by atoms with Crippen molar-refractivity contribution in [1.82, 2.24) is 9.97 Å². The van der Waals surface area contributed by atoms with E-state index in [1.165, 1.54) is 13.5 Å². The number of halogens is 3. The minimum absolute atomic E-state index is 0.0221. The first-order valence-corrected chi connectivity index (χ1v) is 6.79. The van der Waals surface area contributed by atoms with Crippen molar-refractivity contribution < 1.29 is 13.2 Å². The minimum atomic E-state index is -4.47. The SMILES string of the molecule is CNc1nc(NC2CCCC(C)C2)cc(C(F)(F)F)n1. The van der Waals surface area contributed by atoms with Crippen molar-refractivity contribution in [3.8, 4) is 0 Å². The second-order valence-corrected chi connectivity index (χ2v) is 5.32. The van der Waals surface area contributed by atoms with Gasteiger partial charge < -0.3 is 10.6 Å². The van der Waals surface area contributed by atoms with Gasteiger partial charge in [0.15, 0.2) is 5.69 Å². The van der Waals surface area contributed by atoms with Crippen LogP contribution in [0, 0.1) is 5.92 Å². The normalized spacial score (nSPS) is 23.4. The van der Waals surface area contributed by atoms with E-state index in [9.17, 15) is 13.2 Å². The first kappa shape index (κ1) is 14.9. The quantitative estimate of drug-likeness (QED) is 0.893. The van der Waals surface area contributed by atoms with Gasteiger partial charge in [0.2, 0.25) is 5.95 Å². The van der Waals surface area contributed by atoms with Gasteiger partial charge in [-0.25, -0.2) is 4.98 Å². The lowest BCUT2D eigenvalue weighted by molar-refractivity contribution is -0.141. The van der Waals surface area contributed by atoms with Crippen LogP contribution in [0.2, 0.25) is 0 Å². The molecular weight excluding hydrogens is 269 g/mol. The molecule has 7 heteroatoms. The van der Waals surface area contributed by atoms with Crippen LogP contribution < -0.4 is 10.6 Å². The summed E-state index contributed by atoms with van der Waals surface area (Å²) in [5.41, 5.74) is -0.928. The Kier molecular flexibility index (Phi) is 4.35. The number of alkyl halides is 3. The molecule has 0 spiro atoms. The van der Waals surface area contributed by atoms with E-state index < -0.39 is 11.9 Å². The highest BCUT2D eigenvalue weighted by molar-refractivity contribution is 5.43. The summed E-state index contributed by atoms with van der Waals surface area (Å²) in [5, 5.41) is 5.67. The van der Waals surface area contributed by atoms with E-state index in [4.69, 9.17) is 0 Å². The predicted molar refractivity (Wildman–Crippen MR) is 71.6 cm³/mol. The van der Waals surface area contributed by atoms with Gasteiger partial charge in [0.1, 0.15) is 5.82 Å². The van der Waals surface area contributed by atoms with Crippen LogP contribution in [0.1, 0.15) is 38.3 Å². The first-order valence-electron chi connectivity index (χ1n) is 6.79. The Morgan fingerprint density at radius 3 is 2.60 bits per heavy atom. The maximum atomic E-state index is 12.8. The van der Waals surface area contributed by atoms with Crippen molar-refractivity contribution in [2.45, 2.75) is 44.8 Å². The maximum absolute atomic E-state index is 12.8. The molecule has 0 aromatic carbocycles. The van der Waals surface area contributed by atoms with Crippen molar-refractivity contribution in [1.29, 1.82) is 0 Å². The Bertz CT molecular complexity index is 461. The average Bonchev–Trinajstić information content (AvgIpc) is 2.37. The van der Waals surface area contributed by atoms with E-state index in [1.807, 2.05) is 0 Å². The highest BCUT2D eigenvalue weighted by atomic mass is 19.4. The summed E-state index contributed by atoms with van der Waals surface area (Å²) in [7, 11) is 1.50. The second-order valence-electron chi connectivity index (χ2n) is 5.32. The molecule has 1 fully saturated rings. The third kappa shape index (κ3) is 3.74. The van der Waals surface area contributed by atoms with Gasteiger partial charge in [-0.1, -0.05) is 19.8 Å². The summed E-state index contributed by atoms with van der Waals surface area (Å²) in [4.78, 5) is 7.50. The molecule has 2 rings (SSSR count). The van der Waals surface area contributed by atoms with Crippen molar-refractivity contribution >= 4 is 11.8 Å². The molecule has 2 N–H and O–H groups in total. The molecule has 1 saturated carbocycles. The van der Waals surface area contributed by atoms with Crippen molar-refractivity contribution in [3.63, 3.8) is 0 Å². The van der Waals surface area contributed by atoms with Gasteiger partial charge in [-0.05, 0) is 18.8 Å². The van der Waals surface area contributed by atoms with E-state index in [1.54, 1.807) is 0 Å². The Morgan fingerprint density at radius 2 is 2.00 bits per heavy atom. The third-order valence-electron chi connectivity index (χ3n) is 3.53. The number of nitrogens with zero attached hydrogens (tertiary/aromatic N) is 2. The third-order valence-corrected chi connectivity index (χ3v) is 3.53. The van der Waals surface area contributed by atoms with Crippen molar-refractivity contribution in [3.05, 3.63) is 11.8 Å². The topological polar surface area (TPSA) is 49.8 Å². The zero-order chi connectivity index (χ0) is 14.8. The van der Waals surface area contributed by atoms with Gasteiger partial charge in [0.25, 0.3) is 0 Å². The van der Waals surface area contributed by atoms with E-state index in [0.717, 1.165) is 25.3 Å². The van der Waals surface area contributed by atoms with Crippen LogP contribution >= 0.6 is 0 Å². The van der Waals surface area contributed by atoms with Crippen LogP contribution in [0.15, 0.2) is 6.07 Å². The smallest absolute Gasteiger partial charge is 0.367 e. The molecule has 0 radical (unpaired) electrons. The molecule has 1 aromatic rings. The van der Waals surface area contributed by atoms with Crippen LogP contribution in [0.4, 0.5) is 24.9 Å². The zero-order valence-electron chi connectivity index (χ0n) is 11.6. The molecule has 0 aliphatic heterocycles. The fourth-order valence-corrected chi connectivity index (χ4v) is 2.55. The lowest BCUT2D eigenvalue weighted by Crippen LogP contribution is -2.27. The van der Waals surface area contributed by atoms with Crippen LogP contribution in [-0.4, -0.2) is 23.1 Å². The average molecular weight is 288 g/mol. The monoisotopic (exact) mass is 288 g/mol. The van der Waals surface area contributed by atoms with E-state index >= 15 is 0 Å². The Hall–Kier alpha value is -1.53. The minimum Gasteiger partial charge on any atom is -0.367 e. The summed E-state index contributed by atoms with van der Waals surface area (Å²) >= 11 is 0. The highest BCUT2D eigenvalue weighted by Crippen LogP contribution is 2.31. The maximum Gasteiger partial charge on any atom is 0.433 e. The van der Waals surface area contributed by atoms with Gasteiger partial charge >= 0.3 is 6.18 Å². The van der Waals surface area contributed by atoms with E-state index in [2.05, 4.69) is 27.5 Å². The zero-order valence-corrected chi connectivity index (χ0v) is 11.6. The fraction of sp³-hybridized carbons (Fsp3) is 0.692. The number of rotatable bonds is 3. The molecule has 112 valence electrons. The Labute approximate surface area is 116 Å². The Morgan fingerprint density at radius 1 is 1.25 bits per heavy atom. The van der Waals surface area contributed by atoms with Crippen LogP contribution in [-0.2, 0) is 6.18 Å². The van der Waals surface area contributed by atoms with Crippen molar-refractivity contribution in [2.24, 2.45) is 5.92 Å². The molecule has 1 aromatic heterocycles. The van der Waals surface area contributed by atoms with Gasteiger partial charge in [0, 0.05) is 19.2 Å². The van der Waals surface area contributed by atoms with Crippen LogP contribution in [0.3, 0.4) is 0 Å². The lowest BCUT2D eigenvalue weighted by atomic mass is 9.87. The fourth-order valence-electron chi connectivity index (χ4n) is 2.55. The van der Waals surface area contributed by atoms with Gasteiger partial charge in [0.05, 0.1) is 0 Å². The molecule has 2 atom stereocenters. The summed E-state index contributed by atoms with van der Waals surface area (Å²) in [6.45, 7) is 2.16. The number of anilines is 2. The second kappa shape index (κ2) is 5.85. The molecule has 20 heavy (non-hydrogen) atoms.